The molecular formula is C24H32FN3O4. The van der Waals surface area contributed by atoms with Gasteiger partial charge in [0.2, 0.25) is 0 Å². The maximum Gasteiger partial charge on any atom is 0.250 e. The quantitative estimate of drug-likeness (QED) is 0.434. The van der Waals surface area contributed by atoms with Crippen molar-refractivity contribution >= 4 is 11.6 Å². The van der Waals surface area contributed by atoms with E-state index in [0.717, 1.165) is 36.2 Å². The van der Waals surface area contributed by atoms with Gasteiger partial charge >= 0.3 is 0 Å². The second kappa shape index (κ2) is 11.2. The zero-order valence-electron chi connectivity index (χ0n) is 18.7. The lowest BCUT2D eigenvalue weighted by Crippen LogP contribution is -2.32. The van der Waals surface area contributed by atoms with Crippen LogP contribution >= 0.6 is 0 Å². The molecule has 0 fully saturated rings. The SMILES string of the molecule is COc1cc(F)ccc1OCCN[C@H](C)Cc1cc2c(c(C(N)=O)c1)N(CCCO)CC2. The van der Waals surface area contributed by atoms with Crippen LogP contribution in [-0.2, 0) is 12.8 Å². The van der Waals surface area contributed by atoms with Crippen molar-refractivity contribution in [2.75, 3.05) is 44.9 Å². The van der Waals surface area contributed by atoms with E-state index >= 15 is 0 Å². The number of benzene rings is 2. The van der Waals surface area contributed by atoms with Gasteiger partial charge in [0.25, 0.3) is 5.91 Å². The minimum absolute atomic E-state index is 0.122. The third-order valence-electron chi connectivity index (χ3n) is 5.59. The molecule has 2 aromatic carbocycles. The molecule has 0 saturated carbocycles. The highest BCUT2D eigenvalue weighted by Gasteiger charge is 2.25. The summed E-state index contributed by atoms with van der Waals surface area (Å²) < 4.78 is 24.1. The van der Waals surface area contributed by atoms with Crippen molar-refractivity contribution in [1.29, 1.82) is 0 Å². The molecule has 0 aromatic heterocycles. The maximum atomic E-state index is 13.3. The first-order chi connectivity index (χ1) is 15.4. The number of carbonyl (C=O) groups excluding carboxylic acids is 1. The van der Waals surface area contributed by atoms with Gasteiger partial charge < -0.3 is 30.5 Å². The van der Waals surface area contributed by atoms with E-state index in [4.69, 9.17) is 20.3 Å². The number of amides is 1. The van der Waals surface area contributed by atoms with Crippen LogP contribution in [0.3, 0.4) is 0 Å². The smallest absolute Gasteiger partial charge is 0.250 e. The van der Waals surface area contributed by atoms with E-state index in [1.807, 2.05) is 6.07 Å². The maximum absolute atomic E-state index is 13.3. The second-order valence-corrected chi connectivity index (χ2v) is 8.03. The number of aliphatic hydroxyl groups is 1. The Hall–Kier alpha value is -2.84. The van der Waals surface area contributed by atoms with E-state index in [0.29, 0.717) is 43.2 Å². The number of primary amides is 1. The standard InChI is InChI=1S/C24H32FN3O4/c1-16(27-7-11-32-21-5-4-19(25)15-22(21)31-2)12-17-13-18-6-9-28(8-3-10-29)23(18)20(14-17)24(26)30/h4-5,13-16,27,29H,3,6-12H2,1-2H3,(H2,26,30)/t16-/m1/s1. The van der Waals surface area contributed by atoms with Gasteiger partial charge in [0.1, 0.15) is 12.4 Å². The van der Waals surface area contributed by atoms with Gasteiger partial charge in [-0.25, -0.2) is 4.39 Å². The van der Waals surface area contributed by atoms with Crippen molar-refractivity contribution in [2.45, 2.75) is 32.2 Å². The Morgan fingerprint density at radius 3 is 2.84 bits per heavy atom. The van der Waals surface area contributed by atoms with Gasteiger partial charge in [-0.05, 0) is 55.5 Å². The molecule has 4 N–H and O–H groups in total. The fourth-order valence-corrected chi connectivity index (χ4v) is 4.14. The number of ether oxygens (including phenoxy) is 2. The number of fused-ring (bicyclic) bond motifs is 1. The molecular weight excluding hydrogens is 413 g/mol. The third kappa shape index (κ3) is 5.89. The van der Waals surface area contributed by atoms with E-state index in [2.05, 4.69) is 23.2 Å². The highest BCUT2D eigenvalue weighted by atomic mass is 19.1. The molecule has 0 unspecified atom stereocenters. The largest absolute Gasteiger partial charge is 0.493 e. The molecule has 1 aliphatic heterocycles. The van der Waals surface area contributed by atoms with Crippen LogP contribution < -0.4 is 25.4 Å². The normalized spacial score (nSPS) is 13.7. The molecule has 32 heavy (non-hydrogen) atoms. The lowest BCUT2D eigenvalue weighted by Gasteiger charge is -2.22. The molecule has 2 aromatic rings. The van der Waals surface area contributed by atoms with E-state index in [9.17, 15) is 9.18 Å². The van der Waals surface area contributed by atoms with Crippen LogP contribution in [0.2, 0.25) is 0 Å². The molecule has 3 rings (SSSR count). The molecule has 8 heteroatoms. The average molecular weight is 446 g/mol. The number of nitrogens with one attached hydrogen (secondary N) is 1. The lowest BCUT2D eigenvalue weighted by molar-refractivity contribution is 0.100. The Bertz CT molecular complexity index is 938. The highest BCUT2D eigenvalue weighted by molar-refractivity contribution is 6.00. The number of nitrogens with two attached hydrogens (primary N) is 1. The molecule has 1 heterocycles. The third-order valence-corrected chi connectivity index (χ3v) is 5.59. The van der Waals surface area contributed by atoms with Gasteiger partial charge in [-0.15, -0.1) is 0 Å². The summed E-state index contributed by atoms with van der Waals surface area (Å²) in [5.41, 5.74) is 9.34. The molecule has 1 amide bonds. The van der Waals surface area contributed by atoms with Crippen LogP contribution in [0.25, 0.3) is 0 Å². The van der Waals surface area contributed by atoms with Gasteiger partial charge in [-0.2, -0.15) is 0 Å². The fourth-order valence-electron chi connectivity index (χ4n) is 4.14. The van der Waals surface area contributed by atoms with Gasteiger partial charge in [0, 0.05) is 38.3 Å². The molecule has 0 bridgehead atoms. The number of methoxy groups -OCH3 is 1. The van der Waals surface area contributed by atoms with Crippen molar-refractivity contribution in [1.82, 2.24) is 5.32 Å². The van der Waals surface area contributed by atoms with Crippen LogP contribution in [0, 0.1) is 5.82 Å². The summed E-state index contributed by atoms with van der Waals surface area (Å²) in [4.78, 5) is 14.3. The molecule has 0 aliphatic carbocycles. The summed E-state index contributed by atoms with van der Waals surface area (Å²) in [7, 11) is 1.48. The van der Waals surface area contributed by atoms with Crippen LogP contribution in [-0.4, -0.2) is 57.0 Å². The van der Waals surface area contributed by atoms with Crippen molar-refractivity contribution in [2.24, 2.45) is 5.73 Å². The summed E-state index contributed by atoms with van der Waals surface area (Å²) in [5.74, 6) is 0.0606. The van der Waals surface area contributed by atoms with E-state index in [-0.39, 0.29) is 18.5 Å². The monoisotopic (exact) mass is 445 g/mol. The summed E-state index contributed by atoms with van der Waals surface area (Å²) in [6.07, 6.45) is 2.26. The second-order valence-electron chi connectivity index (χ2n) is 8.03. The number of aliphatic hydroxyl groups excluding tert-OH is 1. The Labute approximate surface area is 188 Å². The minimum atomic E-state index is -0.429. The molecule has 1 atom stereocenters. The number of hydrogen-bond acceptors (Lipinski definition) is 6. The van der Waals surface area contributed by atoms with E-state index in [1.54, 1.807) is 6.07 Å². The van der Waals surface area contributed by atoms with Crippen LogP contribution in [0.15, 0.2) is 30.3 Å². The number of hydrogen-bond donors (Lipinski definition) is 3. The number of halogens is 1. The first-order valence-electron chi connectivity index (χ1n) is 10.9. The van der Waals surface area contributed by atoms with Crippen molar-refractivity contribution < 1.29 is 23.8 Å². The number of carbonyl (C=O) groups is 1. The Morgan fingerprint density at radius 2 is 2.12 bits per heavy atom. The molecule has 0 radical (unpaired) electrons. The molecule has 1 aliphatic rings. The minimum Gasteiger partial charge on any atom is -0.493 e. The first kappa shape index (κ1) is 23.8. The number of anilines is 1. The number of rotatable bonds is 12. The fraction of sp³-hybridized carbons (Fsp3) is 0.458. The predicted octanol–water partition coefficient (Wildman–Crippen LogP) is 2.28. The number of nitrogens with zero attached hydrogens (tertiary/aromatic N) is 1. The van der Waals surface area contributed by atoms with Gasteiger partial charge in [-0.3, -0.25) is 4.79 Å². The molecule has 7 nitrogen and oxygen atoms in total. The van der Waals surface area contributed by atoms with E-state index < -0.39 is 5.91 Å². The van der Waals surface area contributed by atoms with Gasteiger partial charge in [0.05, 0.1) is 18.4 Å². The summed E-state index contributed by atoms with van der Waals surface area (Å²) in [6, 6.07) is 8.37. The van der Waals surface area contributed by atoms with Gasteiger partial charge in [0.15, 0.2) is 11.5 Å². The van der Waals surface area contributed by atoms with Crippen LogP contribution in [0.5, 0.6) is 11.5 Å². The van der Waals surface area contributed by atoms with Crippen LogP contribution in [0.4, 0.5) is 10.1 Å². The summed E-state index contributed by atoms with van der Waals surface area (Å²) >= 11 is 0. The highest BCUT2D eigenvalue weighted by Crippen LogP contribution is 2.33. The average Bonchev–Trinajstić information content (AvgIpc) is 3.18. The molecule has 0 spiro atoms. The zero-order chi connectivity index (χ0) is 23.1. The van der Waals surface area contributed by atoms with Crippen molar-refractivity contribution in [3.63, 3.8) is 0 Å². The predicted molar refractivity (Wildman–Crippen MR) is 122 cm³/mol. The lowest BCUT2D eigenvalue weighted by atomic mass is 9.98. The van der Waals surface area contributed by atoms with Crippen molar-refractivity contribution in [3.8, 4) is 11.5 Å². The summed E-state index contributed by atoms with van der Waals surface area (Å²) in [6.45, 7) is 4.74. The summed E-state index contributed by atoms with van der Waals surface area (Å²) in [5, 5.41) is 12.5. The van der Waals surface area contributed by atoms with E-state index in [1.165, 1.54) is 19.2 Å². The Morgan fingerprint density at radius 1 is 1.31 bits per heavy atom. The molecule has 0 saturated heterocycles. The Balaban J connectivity index is 1.57. The topological polar surface area (TPSA) is 97.1 Å². The van der Waals surface area contributed by atoms with Crippen LogP contribution in [0.1, 0.15) is 34.8 Å². The Kier molecular flexibility index (Phi) is 8.30. The zero-order valence-corrected chi connectivity index (χ0v) is 18.7. The first-order valence-corrected chi connectivity index (χ1v) is 10.9. The molecule has 174 valence electrons. The van der Waals surface area contributed by atoms with Gasteiger partial charge in [-0.1, -0.05) is 6.07 Å². The van der Waals surface area contributed by atoms with Crippen molar-refractivity contribution in [3.05, 3.63) is 52.8 Å².